The zero-order chi connectivity index (χ0) is 19.7. The van der Waals surface area contributed by atoms with Gasteiger partial charge in [-0.3, -0.25) is 4.79 Å². The molecule has 2 unspecified atom stereocenters. The van der Waals surface area contributed by atoms with E-state index in [9.17, 15) is 13.2 Å². The average molecular weight is 478 g/mol. The zero-order valence-electron chi connectivity index (χ0n) is 14.6. The third-order valence-corrected chi connectivity index (χ3v) is 7.73. The summed E-state index contributed by atoms with van der Waals surface area (Å²) in [7, 11) is -3.52. The molecule has 3 aromatic rings. The number of benzene rings is 2. The second-order valence-corrected chi connectivity index (χ2v) is 10.5. The molecule has 0 radical (unpaired) electrons. The van der Waals surface area contributed by atoms with Crippen LogP contribution in [0.1, 0.15) is 22.9 Å². The van der Waals surface area contributed by atoms with E-state index in [-0.39, 0.29) is 28.4 Å². The van der Waals surface area contributed by atoms with Crippen molar-refractivity contribution < 1.29 is 13.2 Å². The van der Waals surface area contributed by atoms with Gasteiger partial charge in [0.25, 0.3) is 0 Å². The van der Waals surface area contributed by atoms with Crippen LogP contribution < -0.4 is 5.32 Å². The molecule has 2 aromatic carbocycles. The molecule has 1 fully saturated rings. The minimum Gasteiger partial charge on any atom is -0.300 e. The van der Waals surface area contributed by atoms with Crippen LogP contribution in [-0.4, -0.2) is 24.5 Å². The van der Waals surface area contributed by atoms with Gasteiger partial charge in [0.05, 0.1) is 4.90 Å². The van der Waals surface area contributed by atoms with E-state index >= 15 is 0 Å². The molecule has 1 N–H and O–H groups in total. The molecule has 144 valence electrons. The molecule has 4 rings (SSSR count). The van der Waals surface area contributed by atoms with E-state index in [0.717, 1.165) is 27.8 Å². The Balaban J connectivity index is 1.38. The Morgan fingerprint density at radius 1 is 1.11 bits per heavy atom. The predicted octanol–water partition coefficient (Wildman–Crippen LogP) is 4.02. The summed E-state index contributed by atoms with van der Waals surface area (Å²) in [6.45, 7) is 0. The minimum atomic E-state index is -3.52. The molecule has 1 aliphatic rings. The summed E-state index contributed by atoms with van der Waals surface area (Å²) in [4.78, 5) is 12.6. The molecule has 1 amide bonds. The second kappa shape index (κ2) is 7.73. The van der Waals surface area contributed by atoms with Crippen molar-refractivity contribution in [1.82, 2.24) is 10.2 Å². The second-order valence-electron chi connectivity index (χ2n) is 6.56. The number of halogens is 1. The number of sulfone groups is 1. The third kappa shape index (κ3) is 4.31. The molecule has 0 bridgehead atoms. The number of nitrogens with one attached hydrogen (secondary N) is 1. The molecule has 28 heavy (non-hydrogen) atoms. The summed E-state index contributed by atoms with van der Waals surface area (Å²) >= 11 is 4.37. The van der Waals surface area contributed by atoms with E-state index < -0.39 is 9.84 Å². The first-order chi connectivity index (χ1) is 13.4. The summed E-state index contributed by atoms with van der Waals surface area (Å²) in [5, 5.41) is 11.3. The minimum absolute atomic E-state index is 0.0822. The molecular formula is C19H16BrN3O3S2. The maximum atomic E-state index is 12.5. The number of nitrogens with zero attached hydrogens (tertiary/aromatic N) is 2. The number of amides is 1. The van der Waals surface area contributed by atoms with E-state index in [1.165, 1.54) is 0 Å². The lowest BCUT2D eigenvalue weighted by Gasteiger charge is -2.02. The first-order valence-corrected chi connectivity index (χ1v) is 11.8. The number of anilines is 1. The highest BCUT2D eigenvalue weighted by molar-refractivity contribution is 9.10. The lowest BCUT2D eigenvalue weighted by atomic mass is 10.1. The molecular weight excluding hydrogens is 462 g/mol. The van der Waals surface area contributed by atoms with E-state index in [0.29, 0.717) is 10.1 Å². The molecule has 0 saturated heterocycles. The average Bonchev–Trinajstić information content (AvgIpc) is 3.38. The number of aromatic nitrogens is 2. The molecule has 1 aromatic heterocycles. The normalized spacial score (nSPS) is 18.6. The van der Waals surface area contributed by atoms with Crippen LogP contribution in [0.4, 0.5) is 5.13 Å². The summed E-state index contributed by atoms with van der Waals surface area (Å²) < 4.78 is 25.8. The standard InChI is InChI=1S/C19H16BrN3O3S2/c20-13-6-8-14(9-7-13)28(25,26)11-17-22-23-19(27-17)21-18(24)16-10-15(16)12-4-2-1-3-5-12/h1-9,15-16H,10-11H2,(H,21,23,24). The van der Waals surface area contributed by atoms with E-state index in [1.807, 2.05) is 30.3 Å². The Hall–Kier alpha value is -2.10. The largest absolute Gasteiger partial charge is 0.300 e. The number of hydrogen-bond acceptors (Lipinski definition) is 6. The highest BCUT2D eigenvalue weighted by Gasteiger charge is 2.44. The quantitative estimate of drug-likeness (QED) is 0.578. The maximum absolute atomic E-state index is 12.5. The van der Waals surface area contributed by atoms with Crippen molar-refractivity contribution in [2.24, 2.45) is 5.92 Å². The Morgan fingerprint density at radius 3 is 2.54 bits per heavy atom. The van der Waals surface area contributed by atoms with Crippen LogP contribution in [0.25, 0.3) is 0 Å². The predicted molar refractivity (Wildman–Crippen MR) is 111 cm³/mol. The fourth-order valence-electron chi connectivity index (χ4n) is 3.00. The summed E-state index contributed by atoms with van der Waals surface area (Å²) in [6.07, 6.45) is 0.805. The molecule has 6 nitrogen and oxygen atoms in total. The van der Waals surface area contributed by atoms with Crippen molar-refractivity contribution in [3.05, 3.63) is 69.6 Å². The first-order valence-electron chi connectivity index (χ1n) is 8.59. The van der Waals surface area contributed by atoms with Crippen LogP contribution in [0, 0.1) is 5.92 Å². The fraction of sp³-hybridized carbons (Fsp3) is 0.211. The van der Waals surface area contributed by atoms with Gasteiger partial charge in [0.15, 0.2) is 9.84 Å². The lowest BCUT2D eigenvalue weighted by molar-refractivity contribution is -0.117. The zero-order valence-corrected chi connectivity index (χ0v) is 17.8. The van der Waals surface area contributed by atoms with Crippen molar-refractivity contribution in [2.75, 3.05) is 5.32 Å². The Morgan fingerprint density at radius 2 is 1.82 bits per heavy atom. The topological polar surface area (TPSA) is 89.0 Å². The first kappa shape index (κ1) is 19.2. The van der Waals surface area contributed by atoms with E-state index in [2.05, 4.69) is 31.4 Å². The summed E-state index contributed by atoms with van der Waals surface area (Å²) in [6, 6.07) is 16.4. The highest BCUT2D eigenvalue weighted by Crippen LogP contribution is 2.47. The number of carbonyl (C=O) groups is 1. The Labute approximate surface area is 175 Å². The molecule has 1 aliphatic carbocycles. The van der Waals surface area contributed by atoms with Crippen molar-refractivity contribution in [3.8, 4) is 0 Å². The monoisotopic (exact) mass is 477 g/mol. The van der Waals surface area contributed by atoms with Crippen molar-refractivity contribution in [3.63, 3.8) is 0 Å². The van der Waals surface area contributed by atoms with Crippen LogP contribution in [0.3, 0.4) is 0 Å². The SMILES string of the molecule is O=C(Nc1nnc(CS(=O)(=O)c2ccc(Br)cc2)s1)C1CC1c1ccccc1. The molecule has 0 aliphatic heterocycles. The van der Waals surface area contributed by atoms with Gasteiger partial charge in [-0.25, -0.2) is 8.42 Å². The van der Waals surface area contributed by atoms with Gasteiger partial charge in [0, 0.05) is 10.4 Å². The van der Waals surface area contributed by atoms with Crippen molar-refractivity contribution in [2.45, 2.75) is 23.0 Å². The summed E-state index contributed by atoms with van der Waals surface area (Å²) in [5.41, 5.74) is 1.15. The van der Waals surface area contributed by atoms with Gasteiger partial charge < -0.3 is 5.32 Å². The molecule has 1 saturated carbocycles. The van der Waals surface area contributed by atoms with Gasteiger partial charge in [-0.1, -0.05) is 57.6 Å². The van der Waals surface area contributed by atoms with E-state index in [4.69, 9.17) is 0 Å². The van der Waals surface area contributed by atoms with Crippen molar-refractivity contribution >= 4 is 48.1 Å². The van der Waals surface area contributed by atoms with Gasteiger partial charge in [-0.15, -0.1) is 10.2 Å². The Kier molecular flexibility index (Phi) is 5.31. The smallest absolute Gasteiger partial charge is 0.229 e. The van der Waals surface area contributed by atoms with Crippen LogP contribution >= 0.6 is 27.3 Å². The summed E-state index contributed by atoms with van der Waals surface area (Å²) in [5.74, 6) is -0.210. The maximum Gasteiger partial charge on any atom is 0.229 e. The Bertz CT molecular complexity index is 1100. The third-order valence-electron chi connectivity index (χ3n) is 4.54. The van der Waals surface area contributed by atoms with Crippen molar-refractivity contribution in [1.29, 1.82) is 0 Å². The lowest BCUT2D eigenvalue weighted by Crippen LogP contribution is -2.14. The molecule has 0 spiro atoms. The number of carbonyl (C=O) groups excluding carboxylic acids is 1. The van der Waals surface area contributed by atoms with Crippen LogP contribution in [-0.2, 0) is 20.4 Å². The number of rotatable bonds is 6. The van der Waals surface area contributed by atoms with Gasteiger partial charge in [0.1, 0.15) is 10.8 Å². The molecule has 2 atom stereocenters. The number of hydrogen-bond donors (Lipinski definition) is 1. The fourth-order valence-corrected chi connectivity index (χ4v) is 5.61. The van der Waals surface area contributed by atoms with Gasteiger partial charge in [-0.2, -0.15) is 0 Å². The van der Waals surface area contributed by atoms with Crippen LogP contribution in [0.2, 0.25) is 0 Å². The molecule has 1 heterocycles. The van der Waals surface area contributed by atoms with Crippen LogP contribution in [0.15, 0.2) is 64.0 Å². The highest BCUT2D eigenvalue weighted by atomic mass is 79.9. The van der Waals surface area contributed by atoms with Gasteiger partial charge in [0.2, 0.25) is 11.0 Å². The van der Waals surface area contributed by atoms with Gasteiger partial charge in [-0.05, 0) is 42.2 Å². The molecule has 9 heteroatoms. The van der Waals surface area contributed by atoms with Gasteiger partial charge >= 0.3 is 0 Å². The van der Waals surface area contributed by atoms with E-state index in [1.54, 1.807) is 24.3 Å². The van der Waals surface area contributed by atoms with Crippen LogP contribution in [0.5, 0.6) is 0 Å².